The van der Waals surface area contributed by atoms with E-state index in [9.17, 15) is 14.4 Å². The minimum Gasteiger partial charge on any atom is -0.462 e. The number of allylic oxidation sites excluding steroid dienone is 10. The molecule has 0 rings (SSSR count). The van der Waals surface area contributed by atoms with Gasteiger partial charge < -0.3 is 14.2 Å². The summed E-state index contributed by atoms with van der Waals surface area (Å²) in [6.07, 6.45) is 81.0. The van der Waals surface area contributed by atoms with Crippen LogP contribution < -0.4 is 0 Å². The summed E-state index contributed by atoms with van der Waals surface area (Å²) in [5.74, 6) is -0.856. The number of hydrogen-bond donors (Lipinski definition) is 0. The van der Waals surface area contributed by atoms with E-state index in [1.54, 1.807) is 0 Å². The molecule has 0 heterocycles. The van der Waals surface area contributed by atoms with Crippen molar-refractivity contribution in [2.24, 2.45) is 0 Å². The molecule has 0 aromatic carbocycles. The predicted octanol–water partition coefficient (Wildman–Crippen LogP) is 22.3. The molecule has 1 atom stereocenters. The fourth-order valence-electron chi connectivity index (χ4n) is 9.61. The molecule has 0 radical (unpaired) electrons. The quantitative estimate of drug-likeness (QED) is 0.0261. The Labute approximate surface area is 466 Å². The molecule has 0 N–H and O–H groups in total. The van der Waals surface area contributed by atoms with Gasteiger partial charge in [-0.05, 0) is 83.5 Å². The summed E-state index contributed by atoms with van der Waals surface area (Å²) < 4.78 is 16.9. The Hall–Kier alpha value is -2.89. The second-order valence-corrected chi connectivity index (χ2v) is 22.0. The molecular formula is C69H124O6. The van der Waals surface area contributed by atoms with Gasteiger partial charge in [0.1, 0.15) is 13.2 Å². The maximum atomic E-state index is 12.9. The summed E-state index contributed by atoms with van der Waals surface area (Å²) in [6.45, 7) is 6.56. The molecule has 75 heavy (non-hydrogen) atoms. The average molecular weight is 1050 g/mol. The molecule has 0 bridgehead atoms. The van der Waals surface area contributed by atoms with E-state index in [0.717, 1.165) is 83.5 Å². The summed E-state index contributed by atoms with van der Waals surface area (Å²) in [6, 6.07) is 0. The van der Waals surface area contributed by atoms with Gasteiger partial charge in [-0.3, -0.25) is 14.4 Å². The number of esters is 3. The number of carbonyl (C=O) groups excluding carboxylic acids is 3. The molecule has 0 aliphatic heterocycles. The van der Waals surface area contributed by atoms with Crippen LogP contribution in [0.15, 0.2) is 60.8 Å². The first-order chi connectivity index (χ1) is 37.0. The molecule has 0 aromatic heterocycles. The van der Waals surface area contributed by atoms with E-state index in [-0.39, 0.29) is 31.1 Å². The third kappa shape index (κ3) is 61.8. The molecule has 0 aliphatic carbocycles. The second-order valence-electron chi connectivity index (χ2n) is 22.0. The van der Waals surface area contributed by atoms with Gasteiger partial charge in [0.25, 0.3) is 0 Å². The molecule has 0 aliphatic rings. The highest BCUT2D eigenvalue weighted by molar-refractivity contribution is 5.71. The number of rotatable bonds is 60. The maximum absolute atomic E-state index is 12.9. The zero-order chi connectivity index (χ0) is 54.3. The minimum atomic E-state index is -0.773. The van der Waals surface area contributed by atoms with Gasteiger partial charge in [-0.1, -0.05) is 300 Å². The molecule has 0 saturated carbocycles. The van der Waals surface area contributed by atoms with Crippen LogP contribution in [0.25, 0.3) is 0 Å². The average Bonchev–Trinajstić information content (AvgIpc) is 3.41. The number of unbranched alkanes of at least 4 members (excludes halogenated alkanes) is 39. The fourth-order valence-corrected chi connectivity index (χ4v) is 9.61. The third-order valence-corrected chi connectivity index (χ3v) is 14.5. The highest BCUT2D eigenvalue weighted by Gasteiger charge is 2.19. The van der Waals surface area contributed by atoms with Gasteiger partial charge in [-0.15, -0.1) is 0 Å². The molecule has 0 aromatic rings. The lowest BCUT2D eigenvalue weighted by Gasteiger charge is -2.18. The highest BCUT2D eigenvalue weighted by Crippen LogP contribution is 2.17. The van der Waals surface area contributed by atoms with E-state index in [0.29, 0.717) is 19.3 Å². The molecule has 436 valence electrons. The highest BCUT2D eigenvalue weighted by atomic mass is 16.6. The van der Waals surface area contributed by atoms with E-state index in [1.165, 1.54) is 218 Å². The van der Waals surface area contributed by atoms with E-state index in [4.69, 9.17) is 14.2 Å². The van der Waals surface area contributed by atoms with Crippen molar-refractivity contribution in [3.05, 3.63) is 60.8 Å². The first kappa shape index (κ1) is 72.1. The lowest BCUT2D eigenvalue weighted by molar-refractivity contribution is -0.167. The normalized spacial score (nSPS) is 12.4. The van der Waals surface area contributed by atoms with Crippen molar-refractivity contribution in [1.29, 1.82) is 0 Å². The first-order valence-corrected chi connectivity index (χ1v) is 32.8. The van der Waals surface area contributed by atoms with Crippen LogP contribution in [0.5, 0.6) is 0 Å². The van der Waals surface area contributed by atoms with Crippen molar-refractivity contribution in [1.82, 2.24) is 0 Å². The van der Waals surface area contributed by atoms with Crippen LogP contribution in [0.4, 0.5) is 0 Å². The molecule has 0 fully saturated rings. The van der Waals surface area contributed by atoms with Crippen LogP contribution in [0.2, 0.25) is 0 Å². The van der Waals surface area contributed by atoms with Gasteiger partial charge in [0.15, 0.2) is 6.10 Å². The number of carbonyl (C=O) groups is 3. The summed E-state index contributed by atoms with van der Waals surface area (Å²) >= 11 is 0. The fraction of sp³-hybridized carbons (Fsp3) is 0.812. The molecule has 6 heteroatoms. The van der Waals surface area contributed by atoms with Crippen LogP contribution in [0, 0.1) is 0 Å². The second kappa shape index (κ2) is 63.6. The van der Waals surface area contributed by atoms with Crippen molar-refractivity contribution in [2.75, 3.05) is 13.2 Å². The van der Waals surface area contributed by atoms with Crippen LogP contribution in [0.3, 0.4) is 0 Å². The van der Waals surface area contributed by atoms with E-state index >= 15 is 0 Å². The van der Waals surface area contributed by atoms with Crippen LogP contribution >= 0.6 is 0 Å². The van der Waals surface area contributed by atoms with Crippen molar-refractivity contribution in [2.45, 2.75) is 348 Å². The summed E-state index contributed by atoms with van der Waals surface area (Å²) in [4.78, 5) is 38.2. The Morgan fingerprint density at radius 3 is 0.827 bits per heavy atom. The van der Waals surface area contributed by atoms with Crippen LogP contribution in [0.1, 0.15) is 342 Å². The topological polar surface area (TPSA) is 78.9 Å². The van der Waals surface area contributed by atoms with E-state index in [2.05, 4.69) is 81.5 Å². The Balaban J connectivity index is 4.17. The smallest absolute Gasteiger partial charge is 0.306 e. The van der Waals surface area contributed by atoms with Gasteiger partial charge in [-0.25, -0.2) is 0 Å². The van der Waals surface area contributed by atoms with Crippen LogP contribution in [-0.2, 0) is 28.6 Å². The first-order valence-electron chi connectivity index (χ1n) is 32.8. The van der Waals surface area contributed by atoms with Gasteiger partial charge in [0.2, 0.25) is 0 Å². The van der Waals surface area contributed by atoms with Gasteiger partial charge in [0, 0.05) is 19.3 Å². The molecule has 0 spiro atoms. The van der Waals surface area contributed by atoms with Gasteiger partial charge in [-0.2, -0.15) is 0 Å². The monoisotopic (exact) mass is 1050 g/mol. The standard InChI is InChI=1S/C69H124O6/c1-4-7-10-13-16-19-22-24-26-28-29-30-31-32-33-34-35-36-37-38-39-41-42-44-47-50-53-56-59-62-68(71)74-65-66(64-73-67(70)61-58-55-52-49-46-21-18-15-12-9-6-3)75-69(72)63-60-57-54-51-48-45-43-40-27-25-23-20-17-14-11-8-5-2/h7,10,16,19,24-27,29-30,66H,4-6,8-9,11-15,17-18,20-23,28,31-65H2,1-3H3/b10-7-,19-16-,26-24-,27-25-,30-29-. The number of ether oxygens (including phenoxy) is 3. The van der Waals surface area contributed by atoms with E-state index < -0.39 is 6.10 Å². The van der Waals surface area contributed by atoms with Gasteiger partial charge >= 0.3 is 17.9 Å². The summed E-state index contributed by atoms with van der Waals surface area (Å²) in [5.41, 5.74) is 0. The lowest BCUT2D eigenvalue weighted by Crippen LogP contribution is -2.30. The minimum absolute atomic E-state index is 0.0707. The Kier molecular flexibility index (Phi) is 61.2. The SMILES string of the molecule is CC/C=C\C/C=C\C/C=C\C/C=C\CCCCCCCCCCCCCCCCCCC(=O)OCC(COC(=O)CCCCCCCCCCCCC)OC(=O)CCCCCCCCC/C=C\CCCCCCCC. The zero-order valence-corrected chi connectivity index (χ0v) is 50.1. The Morgan fingerprint density at radius 2 is 0.520 bits per heavy atom. The largest absolute Gasteiger partial charge is 0.462 e. The predicted molar refractivity (Wildman–Crippen MR) is 325 cm³/mol. The summed E-state index contributed by atoms with van der Waals surface area (Å²) in [5, 5.41) is 0. The Morgan fingerprint density at radius 1 is 0.280 bits per heavy atom. The van der Waals surface area contributed by atoms with Crippen molar-refractivity contribution < 1.29 is 28.6 Å². The molecule has 0 saturated heterocycles. The lowest BCUT2D eigenvalue weighted by atomic mass is 10.0. The zero-order valence-electron chi connectivity index (χ0n) is 50.1. The van der Waals surface area contributed by atoms with E-state index in [1.807, 2.05) is 0 Å². The Bertz CT molecular complexity index is 1340. The summed E-state index contributed by atoms with van der Waals surface area (Å²) in [7, 11) is 0. The maximum Gasteiger partial charge on any atom is 0.306 e. The van der Waals surface area contributed by atoms with Crippen molar-refractivity contribution in [3.8, 4) is 0 Å². The molecule has 0 amide bonds. The molecule has 1 unspecified atom stereocenters. The molecule has 6 nitrogen and oxygen atoms in total. The number of hydrogen-bond acceptors (Lipinski definition) is 6. The van der Waals surface area contributed by atoms with Crippen LogP contribution in [-0.4, -0.2) is 37.2 Å². The molecular weight excluding hydrogens is 925 g/mol. The van der Waals surface area contributed by atoms with Crippen molar-refractivity contribution in [3.63, 3.8) is 0 Å². The third-order valence-electron chi connectivity index (χ3n) is 14.5. The van der Waals surface area contributed by atoms with Crippen molar-refractivity contribution >= 4 is 17.9 Å². The van der Waals surface area contributed by atoms with Gasteiger partial charge in [0.05, 0.1) is 0 Å².